The number of allylic oxidation sites excluding steroid dienone is 1. The molecule has 4 aromatic rings. The molecule has 6 heteroatoms. The van der Waals surface area contributed by atoms with Crippen LogP contribution in [-0.2, 0) is 4.79 Å². The summed E-state index contributed by atoms with van der Waals surface area (Å²) in [5, 5.41) is 4.45. The van der Waals surface area contributed by atoms with Gasteiger partial charge in [-0.1, -0.05) is 35.9 Å². The Hall–Kier alpha value is -3.70. The number of fused-ring (bicyclic) bond motifs is 1. The molecule has 5 nitrogen and oxygen atoms in total. The van der Waals surface area contributed by atoms with Gasteiger partial charge in [-0.05, 0) is 63.1 Å². The Morgan fingerprint density at radius 1 is 1.09 bits per heavy atom. The summed E-state index contributed by atoms with van der Waals surface area (Å²) in [6, 6.07) is 15.3. The summed E-state index contributed by atoms with van der Waals surface area (Å²) in [6.45, 7) is 8.16. The predicted octanol–water partition coefficient (Wildman–Crippen LogP) is 7.82. The third kappa shape index (κ3) is 4.77. The second-order valence-corrected chi connectivity index (χ2v) is 8.67. The number of carbonyl (C=O) groups excluding carboxylic acids is 1. The number of carbonyl (C=O) groups is 1. The minimum absolute atomic E-state index is 0.245. The molecule has 35 heavy (non-hydrogen) atoms. The highest BCUT2D eigenvalue weighted by molar-refractivity contribution is 6.31. The standard InChI is InChI=1S/C29H28ClNO4/c1-6-34-28-19(4)29-22(23(16-35-29)20-10-7-8-13-26(20)33-5)15-21(28)17(2)14-27(32)31-25-12-9-11-24(30)18(25)3/h7-16H,6H2,1-5H3,(H,31,32)/b17-14+. The maximum atomic E-state index is 12.9. The number of para-hydroxylation sites is 1. The van der Waals surface area contributed by atoms with Gasteiger partial charge in [0.05, 0.1) is 20.0 Å². The zero-order valence-electron chi connectivity index (χ0n) is 20.5. The van der Waals surface area contributed by atoms with Crippen molar-refractivity contribution in [3.63, 3.8) is 0 Å². The maximum absolute atomic E-state index is 12.9. The fourth-order valence-corrected chi connectivity index (χ4v) is 4.38. The van der Waals surface area contributed by atoms with Crippen LogP contribution in [0.25, 0.3) is 27.7 Å². The average Bonchev–Trinajstić information content (AvgIpc) is 3.27. The van der Waals surface area contributed by atoms with E-state index in [9.17, 15) is 4.79 Å². The zero-order chi connectivity index (χ0) is 25.1. The summed E-state index contributed by atoms with van der Waals surface area (Å²) in [5.74, 6) is 1.21. The number of ether oxygens (including phenoxy) is 2. The molecule has 0 bridgehead atoms. The van der Waals surface area contributed by atoms with Crippen molar-refractivity contribution in [2.24, 2.45) is 0 Å². The van der Waals surface area contributed by atoms with E-state index in [1.54, 1.807) is 25.5 Å². The van der Waals surface area contributed by atoms with Crippen LogP contribution >= 0.6 is 11.6 Å². The predicted molar refractivity (Wildman–Crippen MR) is 143 cm³/mol. The molecule has 0 atom stereocenters. The van der Waals surface area contributed by atoms with Gasteiger partial charge in [-0.25, -0.2) is 0 Å². The van der Waals surface area contributed by atoms with Gasteiger partial charge in [0.25, 0.3) is 0 Å². The minimum Gasteiger partial charge on any atom is -0.496 e. The van der Waals surface area contributed by atoms with Crippen LogP contribution in [0.4, 0.5) is 5.69 Å². The Morgan fingerprint density at radius 2 is 1.86 bits per heavy atom. The Kier molecular flexibility index (Phi) is 7.17. The lowest BCUT2D eigenvalue weighted by molar-refractivity contribution is -0.111. The number of nitrogens with one attached hydrogen (secondary N) is 1. The molecule has 0 aliphatic rings. The van der Waals surface area contributed by atoms with E-state index in [0.29, 0.717) is 23.1 Å². The molecule has 3 aromatic carbocycles. The number of anilines is 1. The van der Waals surface area contributed by atoms with Crippen molar-refractivity contribution in [3.8, 4) is 22.6 Å². The van der Waals surface area contributed by atoms with E-state index in [4.69, 9.17) is 25.5 Å². The molecule has 1 amide bonds. The molecular formula is C29H28ClNO4. The van der Waals surface area contributed by atoms with Gasteiger partial charge in [0, 0.05) is 44.4 Å². The number of hydrogen-bond acceptors (Lipinski definition) is 4. The first-order chi connectivity index (χ1) is 16.8. The van der Waals surface area contributed by atoms with Crippen molar-refractivity contribution < 1.29 is 18.7 Å². The average molecular weight is 490 g/mol. The van der Waals surface area contributed by atoms with Crippen LogP contribution < -0.4 is 14.8 Å². The van der Waals surface area contributed by atoms with E-state index >= 15 is 0 Å². The lowest BCUT2D eigenvalue weighted by Crippen LogP contribution is -2.10. The molecule has 0 spiro atoms. The van der Waals surface area contributed by atoms with Crippen LogP contribution in [0.1, 0.15) is 30.5 Å². The smallest absolute Gasteiger partial charge is 0.248 e. The fraction of sp³-hybridized carbons (Fsp3) is 0.207. The molecule has 0 aliphatic heterocycles. The van der Waals surface area contributed by atoms with Gasteiger partial charge in [-0.15, -0.1) is 0 Å². The third-order valence-electron chi connectivity index (χ3n) is 6.03. The highest BCUT2D eigenvalue weighted by atomic mass is 35.5. The van der Waals surface area contributed by atoms with Gasteiger partial charge in [-0.2, -0.15) is 0 Å². The van der Waals surface area contributed by atoms with E-state index in [0.717, 1.165) is 50.1 Å². The number of amides is 1. The number of methoxy groups -OCH3 is 1. The lowest BCUT2D eigenvalue weighted by atomic mass is 9.96. The van der Waals surface area contributed by atoms with Crippen molar-refractivity contribution >= 4 is 39.7 Å². The van der Waals surface area contributed by atoms with E-state index in [-0.39, 0.29) is 5.91 Å². The Morgan fingerprint density at radius 3 is 2.60 bits per heavy atom. The first kappa shape index (κ1) is 24.4. The summed E-state index contributed by atoms with van der Waals surface area (Å²) < 4.78 is 17.6. The first-order valence-corrected chi connectivity index (χ1v) is 11.8. The molecular weight excluding hydrogens is 462 g/mol. The summed E-state index contributed by atoms with van der Waals surface area (Å²) in [4.78, 5) is 12.9. The molecule has 180 valence electrons. The third-order valence-corrected chi connectivity index (χ3v) is 6.44. The molecule has 0 aliphatic carbocycles. The summed E-state index contributed by atoms with van der Waals surface area (Å²) >= 11 is 6.20. The number of halogens is 1. The van der Waals surface area contributed by atoms with Crippen molar-refractivity contribution in [2.75, 3.05) is 19.0 Å². The second-order valence-electron chi connectivity index (χ2n) is 8.27. The van der Waals surface area contributed by atoms with Crippen LogP contribution in [-0.4, -0.2) is 19.6 Å². The number of aryl methyl sites for hydroxylation is 1. The van der Waals surface area contributed by atoms with Gasteiger partial charge in [0.1, 0.15) is 17.1 Å². The second kappa shape index (κ2) is 10.3. The quantitative estimate of drug-likeness (QED) is 0.269. The SMILES string of the molecule is CCOc1c(/C(C)=C/C(=O)Nc2cccc(Cl)c2C)cc2c(-c3ccccc3OC)coc2c1C. The van der Waals surface area contributed by atoms with E-state index in [2.05, 4.69) is 5.32 Å². The monoisotopic (exact) mass is 489 g/mol. The van der Waals surface area contributed by atoms with E-state index in [1.165, 1.54) is 0 Å². The van der Waals surface area contributed by atoms with Gasteiger partial charge < -0.3 is 19.2 Å². The number of benzene rings is 3. The first-order valence-electron chi connectivity index (χ1n) is 11.4. The Bertz CT molecular complexity index is 1430. The Balaban J connectivity index is 1.81. The highest BCUT2D eigenvalue weighted by Crippen LogP contribution is 2.42. The molecule has 1 N–H and O–H groups in total. The zero-order valence-corrected chi connectivity index (χ0v) is 21.2. The number of furan rings is 1. The van der Waals surface area contributed by atoms with Crippen LogP contribution in [0.5, 0.6) is 11.5 Å². The van der Waals surface area contributed by atoms with Gasteiger partial charge in [0.15, 0.2) is 0 Å². The molecule has 1 heterocycles. The minimum atomic E-state index is -0.245. The lowest BCUT2D eigenvalue weighted by Gasteiger charge is -2.15. The number of rotatable bonds is 7. The highest BCUT2D eigenvalue weighted by Gasteiger charge is 2.20. The van der Waals surface area contributed by atoms with Crippen LogP contribution in [0.15, 0.2) is 65.3 Å². The van der Waals surface area contributed by atoms with Crippen molar-refractivity contribution in [1.82, 2.24) is 0 Å². The van der Waals surface area contributed by atoms with Crippen LogP contribution in [0, 0.1) is 13.8 Å². The molecule has 0 radical (unpaired) electrons. The number of hydrogen-bond donors (Lipinski definition) is 1. The van der Waals surface area contributed by atoms with E-state index < -0.39 is 0 Å². The molecule has 0 saturated heterocycles. The van der Waals surface area contributed by atoms with Crippen molar-refractivity contribution in [2.45, 2.75) is 27.7 Å². The topological polar surface area (TPSA) is 60.7 Å². The summed E-state index contributed by atoms with van der Waals surface area (Å²) in [5.41, 5.74) is 6.55. The maximum Gasteiger partial charge on any atom is 0.248 e. The Labute approximate surface area is 210 Å². The van der Waals surface area contributed by atoms with E-state index in [1.807, 2.05) is 70.2 Å². The summed E-state index contributed by atoms with van der Waals surface area (Å²) in [7, 11) is 1.65. The molecule has 1 aromatic heterocycles. The fourth-order valence-electron chi connectivity index (χ4n) is 4.20. The molecule has 0 fully saturated rings. The van der Waals surface area contributed by atoms with Crippen molar-refractivity contribution in [1.29, 1.82) is 0 Å². The largest absolute Gasteiger partial charge is 0.496 e. The van der Waals surface area contributed by atoms with Crippen LogP contribution in [0.3, 0.4) is 0 Å². The molecule has 4 rings (SSSR count). The van der Waals surface area contributed by atoms with Gasteiger partial charge in [0.2, 0.25) is 5.91 Å². The molecule has 0 saturated carbocycles. The summed E-state index contributed by atoms with van der Waals surface area (Å²) in [6.07, 6.45) is 3.31. The van der Waals surface area contributed by atoms with Gasteiger partial charge in [-0.3, -0.25) is 4.79 Å². The molecule has 0 unspecified atom stereocenters. The van der Waals surface area contributed by atoms with Crippen LogP contribution in [0.2, 0.25) is 5.02 Å². The normalized spacial score (nSPS) is 11.5. The van der Waals surface area contributed by atoms with Gasteiger partial charge >= 0.3 is 0 Å². The van der Waals surface area contributed by atoms with Crippen molar-refractivity contribution in [3.05, 3.63) is 82.6 Å².